The van der Waals surface area contributed by atoms with Crippen LogP contribution in [0.3, 0.4) is 0 Å². The molecule has 0 spiro atoms. The minimum Gasteiger partial charge on any atom is -0.507 e. The first-order valence-corrected chi connectivity index (χ1v) is 8.58. The zero-order valence-corrected chi connectivity index (χ0v) is 13.6. The van der Waals surface area contributed by atoms with Gasteiger partial charge in [0.2, 0.25) is 17.3 Å². The Balaban J connectivity index is 1.89. The van der Waals surface area contributed by atoms with Crippen LogP contribution in [0.5, 0.6) is 11.6 Å². The number of rotatable bonds is 2. The third kappa shape index (κ3) is 2.52. The highest BCUT2D eigenvalue weighted by Gasteiger charge is 2.27. The van der Waals surface area contributed by atoms with Gasteiger partial charge in [0.15, 0.2) is 5.69 Å². The maximum absolute atomic E-state index is 10.2. The molecular formula is C17H14N4O2S. The SMILES string of the molecule is CSc1nnc2c(n1)OC(c1ccccc1O)Nc1ccccc1-2. The molecule has 1 aliphatic rings. The zero-order chi connectivity index (χ0) is 16.5. The molecule has 1 unspecified atom stereocenters. The van der Waals surface area contributed by atoms with Gasteiger partial charge >= 0.3 is 0 Å². The highest BCUT2D eigenvalue weighted by atomic mass is 32.2. The minimum atomic E-state index is -0.583. The summed E-state index contributed by atoms with van der Waals surface area (Å²) < 4.78 is 6.05. The molecule has 1 aromatic heterocycles. The summed E-state index contributed by atoms with van der Waals surface area (Å²) in [6, 6.07) is 14.8. The lowest BCUT2D eigenvalue weighted by molar-refractivity contribution is 0.220. The number of nitrogens with zero attached hydrogens (tertiary/aromatic N) is 3. The lowest BCUT2D eigenvalue weighted by atomic mass is 10.1. The van der Waals surface area contributed by atoms with E-state index in [1.165, 1.54) is 11.8 Å². The number of phenolic OH excluding ortho intramolecular Hbond substituents is 1. The van der Waals surface area contributed by atoms with Gasteiger partial charge in [-0.25, -0.2) is 0 Å². The summed E-state index contributed by atoms with van der Waals surface area (Å²) in [6.07, 6.45) is 1.30. The normalized spacial score (nSPS) is 15.5. The number of thioether (sulfide) groups is 1. The number of hydrogen-bond acceptors (Lipinski definition) is 7. The van der Waals surface area contributed by atoms with Gasteiger partial charge in [-0.05, 0) is 24.5 Å². The van der Waals surface area contributed by atoms with Crippen LogP contribution in [-0.2, 0) is 0 Å². The highest BCUT2D eigenvalue weighted by molar-refractivity contribution is 7.98. The van der Waals surface area contributed by atoms with E-state index >= 15 is 0 Å². The molecule has 6 nitrogen and oxygen atoms in total. The Morgan fingerprint density at radius 1 is 1.08 bits per heavy atom. The third-order valence-electron chi connectivity index (χ3n) is 3.74. The number of anilines is 1. The molecule has 3 aromatic rings. The van der Waals surface area contributed by atoms with Gasteiger partial charge in [0, 0.05) is 11.3 Å². The molecule has 120 valence electrons. The molecule has 0 fully saturated rings. The van der Waals surface area contributed by atoms with E-state index in [0.717, 1.165) is 11.3 Å². The Labute approximate surface area is 142 Å². The Bertz CT molecular complexity index is 903. The van der Waals surface area contributed by atoms with Gasteiger partial charge in [-0.1, -0.05) is 42.1 Å². The first-order valence-electron chi connectivity index (χ1n) is 7.35. The van der Waals surface area contributed by atoms with E-state index in [-0.39, 0.29) is 5.75 Å². The average Bonchev–Trinajstić information content (AvgIpc) is 2.78. The first kappa shape index (κ1) is 14.8. The van der Waals surface area contributed by atoms with Gasteiger partial charge in [-0.3, -0.25) is 0 Å². The van der Waals surface area contributed by atoms with E-state index in [0.29, 0.717) is 22.3 Å². The molecular weight excluding hydrogens is 324 g/mol. The van der Waals surface area contributed by atoms with Crippen LogP contribution in [0.1, 0.15) is 11.8 Å². The lowest BCUT2D eigenvalue weighted by Crippen LogP contribution is -2.17. The molecule has 0 aliphatic carbocycles. The molecule has 4 rings (SSSR count). The molecule has 0 radical (unpaired) electrons. The van der Waals surface area contributed by atoms with Gasteiger partial charge in [-0.2, -0.15) is 4.98 Å². The van der Waals surface area contributed by atoms with E-state index in [4.69, 9.17) is 4.74 Å². The van der Waals surface area contributed by atoms with Crippen molar-refractivity contribution in [2.45, 2.75) is 11.4 Å². The maximum atomic E-state index is 10.2. The smallest absolute Gasteiger partial charge is 0.247 e. The van der Waals surface area contributed by atoms with Crippen LogP contribution in [0.4, 0.5) is 5.69 Å². The first-order chi connectivity index (χ1) is 11.8. The Hall–Kier alpha value is -2.80. The summed E-state index contributed by atoms with van der Waals surface area (Å²) in [5.41, 5.74) is 2.91. The Kier molecular flexibility index (Phi) is 3.70. The number of para-hydroxylation sites is 2. The molecule has 0 bridgehead atoms. The van der Waals surface area contributed by atoms with Crippen molar-refractivity contribution in [1.82, 2.24) is 15.2 Å². The summed E-state index contributed by atoms with van der Waals surface area (Å²) in [4.78, 5) is 4.44. The molecule has 0 amide bonds. The van der Waals surface area contributed by atoms with E-state index in [9.17, 15) is 5.11 Å². The summed E-state index contributed by atoms with van der Waals surface area (Å²) >= 11 is 1.40. The predicted octanol–water partition coefficient (Wildman–Crippen LogP) is 3.47. The van der Waals surface area contributed by atoms with Crippen LogP contribution < -0.4 is 10.1 Å². The van der Waals surface area contributed by atoms with Gasteiger partial charge in [0.1, 0.15) is 5.75 Å². The summed E-state index contributed by atoms with van der Waals surface area (Å²) in [7, 11) is 0. The lowest BCUT2D eigenvalue weighted by Gasteiger charge is -2.20. The van der Waals surface area contributed by atoms with Crippen molar-refractivity contribution < 1.29 is 9.84 Å². The number of benzene rings is 2. The van der Waals surface area contributed by atoms with Crippen LogP contribution in [0.25, 0.3) is 11.3 Å². The quantitative estimate of drug-likeness (QED) is 0.693. The molecule has 7 heteroatoms. The van der Waals surface area contributed by atoms with Gasteiger partial charge in [-0.15, -0.1) is 10.2 Å². The fourth-order valence-electron chi connectivity index (χ4n) is 2.58. The number of ether oxygens (including phenoxy) is 1. The topological polar surface area (TPSA) is 80.2 Å². The predicted molar refractivity (Wildman–Crippen MR) is 92.1 cm³/mol. The van der Waals surface area contributed by atoms with Crippen LogP contribution in [-0.4, -0.2) is 26.5 Å². The largest absolute Gasteiger partial charge is 0.507 e. The van der Waals surface area contributed by atoms with E-state index in [2.05, 4.69) is 20.5 Å². The fraction of sp³-hybridized carbons (Fsp3) is 0.118. The maximum Gasteiger partial charge on any atom is 0.247 e. The van der Waals surface area contributed by atoms with Gasteiger partial charge < -0.3 is 15.2 Å². The van der Waals surface area contributed by atoms with Crippen LogP contribution in [0, 0.1) is 0 Å². The number of phenols is 1. The summed E-state index contributed by atoms with van der Waals surface area (Å²) in [6.45, 7) is 0. The van der Waals surface area contributed by atoms with Crippen molar-refractivity contribution in [2.24, 2.45) is 0 Å². The van der Waals surface area contributed by atoms with Gasteiger partial charge in [0.05, 0.1) is 5.56 Å². The average molecular weight is 338 g/mol. The number of fused-ring (bicyclic) bond motifs is 3. The number of aromatic nitrogens is 3. The molecule has 2 heterocycles. The third-order valence-corrected chi connectivity index (χ3v) is 4.27. The molecule has 2 N–H and O–H groups in total. The van der Waals surface area contributed by atoms with Crippen molar-refractivity contribution in [3.05, 3.63) is 54.1 Å². The minimum absolute atomic E-state index is 0.156. The number of aromatic hydroxyl groups is 1. The summed E-state index contributed by atoms with van der Waals surface area (Å²) in [5.74, 6) is 0.545. The van der Waals surface area contributed by atoms with Crippen molar-refractivity contribution in [1.29, 1.82) is 0 Å². The van der Waals surface area contributed by atoms with Crippen molar-refractivity contribution in [2.75, 3.05) is 11.6 Å². The van der Waals surface area contributed by atoms with Crippen LogP contribution >= 0.6 is 11.8 Å². The molecule has 0 saturated carbocycles. The molecule has 0 saturated heterocycles. The monoisotopic (exact) mass is 338 g/mol. The summed E-state index contributed by atoms with van der Waals surface area (Å²) in [5, 5.41) is 22.4. The molecule has 24 heavy (non-hydrogen) atoms. The van der Waals surface area contributed by atoms with E-state index in [1.54, 1.807) is 12.1 Å². The van der Waals surface area contributed by atoms with Crippen molar-refractivity contribution >= 4 is 17.4 Å². The number of hydrogen-bond donors (Lipinski definition) is 2. The zero-order valence-electron chi connectivity index (χ0n) is 12.8. The Morgan fingerprint density at radius 3 is 2.71 bits per heavy atom. The molecule has 2 aromatic carbocycles. The van der Waals surface area contributed by atoms with E-state index in [1.807, 2.05) is 42.7 Å². The second-order valence-corrected chi connectivity index (χ2v) is 5.97. The fourth-order valence-corrected chi connectivity index (χ4v) is 2.88. The Morgan fingerprint density at radius 2 is 1.88 bits per heavy atom. The standard InChI is InChI=1S/C17H14N4O2S/c1-24-17-19-16-14(20-21-17)10-6-2-4-8-12(10)18-15(23-16)11-7-3-5-9-13(11)22/h2-9,15,18,22H,1H3. The molecule has 1 aliphatic heterocycles. The van der Waals surface area contributed by atoms with Crippen molar-refractivity contribution in [3.63, 3.8) is 0 Å². The van der Waals surface area contributed by atoms with Crippen molar-refractivity contribution in [3.8, 4) is 22.9 Å². The van der Waals surface area contributed by atoms with Crippen LogP contribution in [0.15, 0.2) is 53.7 Å². The second kappa shape index (κ2) is 6.01. The molecule has 1 atom stereocenters. The number of nitrogens with one attached hydrogen (secondary N) is 1. The van der Waals surface area contributed by atoms with Gasteiger partial charge in [0.25, 0.3) is 0 Å². The van der Waals surface area contributed by atoms with E-state index < -0.39 is 6.23 Å². The highest BCUT2D eigenvalue weighted by Crippen LogP contribution is 2.40. The van der Waals surface area contributed by atoms with Crippen LogP contribution in [0.2, 0.25) is 0 Å². The second-order valence-electron chi connectivity index (χ2n) is 5.20.